The van der Waals surface area contributed by atoms with Crippen LogP contribution in [-0.4, -0.2) is 5.11 Å². The molecule has 0 rings (SSSR count). The predicted molar refractivity (Wildman–Crippen MR) is 34.5 cm³/mol. The Morgan fingerprint density at radius 2 is 2.29 bits per heavy atom. The summed E-state index contributed by atoms with van der Waals surface area (Å²) in [6, 6.07) is 0. The number of allylic oxidation sites excluding steroid dienone is 2. The molecule has 0 aromatic rings. The standard InChI is InChI=1S/C5H7BrO/c1-4(3-7)5(2)6/h3,7H,2H2,1H3/b4-3-. The molecule has 0 heterocycles. The number of halogens is 1. The van der Waals surface area contributed by atoms with E-state index in [1.54, 1.807) is 6.92 Å². The van der Waals surface area contributed by atoms with Crippen LogP contribution >= 0.6 is 15.9 Å². The molecule has 1 nitrogen and oxygen atoms in total. The lowest BCUT2D eigenvalue weighted by Crippen LogP contribution is -1.69. The quantitative estimate of drug-likeness (QED) is 0.464. The van der Waals surface area contributed by atoms with E-state index < -0.39 is 0 Å². The van der Waals surface area contributed by atoms with E-state index in [0.29, 0.717) is 0 Å². The molecule has 40 valence electrons. The minimum Gasteiger partial charge on any atom is -0.515 e. The molecular formula is C5H7BrO. The van der Waals surface area contributed by atoms with Gasteiger partial charge in [-0.2, -0.15) is 0 Å². The highest BCUT2D eigenvalue weighted by Gasteiger charge is 1.85. The molecule has 0 aromatic carbocycles. The van der Waals surface area contributed by atoms with Gasteiger partial charge in [-0.25, -0.2) is 0 Å². The van der Waals surface area contributed by atoms with Gasteiger partial charge >= 0.3 is 0 Å². The number of aliphatic hydroxyl groups is 1. The van der Waals surface area contributed by atoms with Gasteiger partial charge in [0, 0.05) is 4.48 Å². The van der Waals surface area contributed by atoms with E-state index >= 15 is 0 Å². The first kappa shape index (κ1) is 6.76. The summed E-state index contributed by atoms with van der Waals surface area (Å²) in [5, 5.41) is 8.25. The molecule has 0 aromatic heterocycles. The fourth-order valence-electron chi connectivity index (χ4n) is 0.0700. The average Bonchev–Trinajstić information content (AvgIpc) is 1.65. The highest BCUT2D eigenvalue weighted by Crippen LogP contribution is 2.11. The maximum Gasteiger partial charge on any atom is 0.0831 e. The molecule has 0 spiro atoms. The van der Waals surface area contributed by atoms with Gasteiger partial charge in [0.25, 0.3) is 0 Å². The van der Waals surface area contributed by atoms with E-state index in [1.807, 2.05) is 0 Å². The molecule has 0 aliphatic heterocycles. The Bertz CT molecular complexity index is 105. The Kier molecular flexibility index (Phi) is 2.76. The second-order valence-electron chi connectivity index (χ2n) is 1.22. The third-order valence-corrected chi connectivity index (χ3v) is 1.25. The summed E-state index contributed by atoms with van der Waals surface area (Å²) in [6.45, 7) is 5.28. The smallest absolute Gasteiger partial charge is 0.0831 e. The second kappa shape index (κ2) is 2.86. The minimum atomic E-state index is 0.718. The molecule has 2 heteroatoms. The molecule has 0 fully saturated rings. The predicted octanol–water partition coefficient (Wildman–Crippen LogP) is 2.36. The molecule has 7 heavy (non-hydrogen) atoms. The van der Waals surface area contributed by atoms with Crippen LogP contribution in [0.5, 0.6) is 0 Å². The molecule has 0 aliphatic rings. The van der Waals surface area contributed by atoms with Crippen molar-refractivity contribution in [3.63, 3.8) is 0 Å². The normalized spacial score (nSPS) is 11.4. The molecule has 0 atom stereocenters. The lowest BCUT2D eigenvalue weighted by Gasteiger charge is -1.88. The summed E-state index contributed by atoms with van der Waals surface area (Å²) in [5.74, 6) is 0. The van der Waals surface area contributed by atoms with Crippen molar-refractivity contribution in [2.24, 2.45) is 0 Å². The Hall–Kier alpha value is -0.240. The molecule has 0 unspecified atom stereocenters. The van der Waals surface area contributed by atoms with Crippen LogP contribution in [0, 0.1) is 0 Å². The van der Waals surface area contributed by atoms with Crippen LogP contribution in [-0.2, 0) is 0 Å². The second-order valence-corrected chi connectivity index (χ2v) is 2.17. The summed E-state index contributed by atoms with van der Waals surface area (Å²) >= 11 is 3.08. The van der Waals surface area contributed by atoms with Gasteiger partial charge in [-0.15, -0.1) is 0 Å². The Morgan fingerprint density at radius 1 is 1.86 bits per heavy atom. The topological polar surface area (TPSA) is 20.2 Å². The minimum absolute atomic E-state index is 0.718. The number of hydrogen-bond donors (Lipinski definition) is 1. The van der Waals surface area contributed by atoms with E-state index in [2.05, 4.69) is 22.5 Å². The van der Waals surface area contributed by atoms with Crippen molar-refractivity contribution in [1.29, 1.82) is 0 Å². The van der Waals surface area contributed by atoms with Crippen molar-refractivity contribution >= 4 is 15.9 Å². The number of aliphatic hydroxyl groups excluding tert-OH is 1. The number of rotatable bonds is 1. The zero-order valence-electron chi connectivity index (χ0n) is 4.11. The van der Waals surface area contributed by atoms with Crippen molar-refractivity contribution in [2.75, 3.05) is 0 Å². The van der Waals surface area contributed by atoms with Gasteiger partial charge in [0.2, 0.25) is 0 Å². The first-order valence-electron chi connectivity index (χ1n) is 1.84. The summed E-state index contributed by atoms with van der Waals surface area (Å²) in [4.78, 5) is 0. The Morgan fingerprint density at radius 3 is 2.29 bits per heavy atom. The van der Waals surface area contributed by atoms with Crippen LogP contribution in [0.15, 0.2) is 22.9 Å². The lowest BCUT2D eigenvalue weighted by atomic mass is 10.3. The molecule has 0 amide bonds. The van der Waals surface area contributed by atoms with Crippen molar-refractivity contribution in [3.8, 4) is 0 Å². The third-order valence-electron chi connectivity index (χ3n) is 0.622. The summed E-state index contributed by atoms with van der Waals surface area (Å²) in [6.07, 6.45) is 1.01. The average molecular weight is 163 g/mol. The summed E-state index contributed by atoms with van der Waals surface area (Å²) < 4.78 is 0.718. The number of hydrogen-bond acceptors (Lipinski definition) is 1. The zero-order valence-corrected chi connectivity index (χ0v) is 5.70. The maximum absolute atomic E-state index is 8.25. The Balaban J connectivity index is 3.82. The monoisotopic (exact) mass is 162 g/mol. The van der Waals surface area contributed by atoms with Crippen LogP contribution in [0.1, 0.15) is 6.92 Å². The van der Waals surface area contributed by atoms with E-state index in [-0.39, 0.29) is 0 Å². The van der Waals surface area contributed by atoms with Gasteiger partial charge in [-0.1, -0.05) is 22.5 Å². The first-order valence-corrected chi connectivity index (χ1v) is 2.63. The fraction of sp³-hybridized carbons (Fsp3) is 0.200. The molecular weight excluding hydrogens is 156 g/mol. The largest absolute Gasteiger partial charge is 0.515 e. The molecule has 0 saturated carbocycles. The highest BCUT2D eigenvalue weighted by atomic mass is 79.9. The fourth-order valence-corrected chi connectivity index (χ4v) is 0.172. The van der Waals surface area contributed by atoms with Gasteiger partial charge in [-0.05, 0) is 12.5 Å². The van der Waals surface area contributed by atoms with Crippen molar-refractivity contribution in [2.45, 2.75) is 6.92 Å². The van der Waals surface area contributed by atoms with Gasteiger partial charge in [0.05, 0.1) is 6.26 Å². The van der Waals surface area contributed by atoms with Crippen molar-refractivity contribution in [1.82, 2.24) is 0 Å². The third kappa shape index (κ3) is 2.45. The van der Waals surface area contributed by atoms with E-state index in [1.165, 1.54) is 0 Å². The molecule has 0 radical (unpaired) electrons. The maximum atomic E-state index is 8.25. The van der Waals surface area contributed by atoms with Crippen molar-refractivity contribution in [3.05, 3.63) is 22.9 Å². The first-order chi connectivity index (χ1) is 3.18. The molecule has 1 N–H and O–H groups in total. The highest BCUT2D eigenvalue weighted by molar-refractivity contribution is 9.11. The zero-order chi connectivity index (χ0) is 5.86. The molecule has 0 aliphatic carbocycles. The van der Waals surface area contributed by atoms with E-state index in [9.17, 15) is 0 Å². The summed E-state index contributed by atoms with van der Waals surface area (Å²) in [7, 11) is 0. The van der Waals surface area contributed by atoms with Crippen LogP contribution in [0.3, 0.4) is 0 Å². The molecule has 0 bridgehead atoms. The molecule has 0 saturated heterocycles. The van der Waals surface area contributed by atoms with Crippen LogP contribution in [0.25, 0.3) is 0 Å². The van der Waals surface area contributed by atoms with E-state index in [4.69, 9.17) is 5.11 Å². The van der Waals surface area contributed by atoms with Gasteiger partial charge < -0.3 is 5.11 Å². The van der Waals surface area contributed by atoms with Crippen LogP contribution in [0.4, 0.5) is 0 Å². The van der Waals surface area contributed by atoms with Crippen molar-refractivity contribution < 1.29 is 5.11 Å². The van der Waals surface area contributed by atoms with Crippen LogP contribution < -0.4 is 0 Å². The van der Waals surface area contributed by atoms with Crippen LogP contribution in [0.2, 0.25) is 0 Å². The van der Waals surface area contributed by atoms with Gasteiger partial charge in [0.1, 0.15) is 0 Å². The lowest BCUT2D eigenvalue weighted by molar-refractivity contribution is 0.469. The SMILES string of the molecule is C=C(Br)/C(C)=C\O. The Labute approximate surface area is 51.5 Å². The summed E-state index contributed by atoms with van der Waals surface area (Å²) in [5.41, 5.74) is 0.750. The van der Waals surface area contributed by atoms with E-state index in [0.717, 1.165) is 16.3 Å². The van der Waals surface area contributed by atoms with Gasteiger partial charge in [0.15, 0.2) is 0 Å². The van der Waals surface area contributed by atoms with Gasteiger partial charge in [-0.3, -0.25) is 0 Å².